The van der Waals surface area contributed by atoms with E-state index in [1.807, 2.05) is 18.2 Å². The SMILES string of the molecule is C.O=C(Cc1ccnnc1)Oc1ccccc1.O=C(Nc1ccnnc1)N1CCC(C(F)(F)S(=O)(=O)c2cccc(F)c2)CC1.O=S(=O)(c1cccc(F)c1)C(F)(F)C1CCNCC1. The standard InChI is InChI=1S/C17H17F3N4O3S.C12H14F3NO2S.C12H10N2O2.CH4/c18-13-2-1-3-15(10-13)28(26,27)17(19,20)12-5-8-24(9-6-12)16(25)23-14-4-7-21-22-11-14;13-10-2-1-3-11(8-10)19(17,18)12(14,15)9-4-6-16-7-5-9;15-12(8-10-6-7-13-14-9-10)16-11-4-2-1-3-5-11;/h1-4,7,10-12H,5-6,8-9H2,(H,21,23,25);1-3,8-9,16H,4-7H2;1-7,9H,8H2;1H4. The van der Waals surface area contributed by atoms with Gasteiger partial charge in [0, 0.05) is 31.1 Å². The fourth-order valence-electron chi connectivity index (χ4n) is 6.41. The van der Waals surface area contributed by atoms with E-state index in [1.165, 1.54) is 23.4 Å². The van der Waals surface area contributed by atoms with Gasteiger partial charge in [0.2, 0.25) is 19.7 Å². The number of rotatable bonds is 10. The first kappa shape index (κ1) is 50.6. The molecule has 0 saturated carbocycles. The number of alkyl halides is 4. The highest BCUT2D eigenvalue weighted by Crippen LogP contribution is 2.42. The van der Waals surface area contributed by atoms with Crippen LogP contribution in [0.4, 0.5) is 36.8 Å². The van der Waals surface area contributed by atoms with E-state index in [0.717, 1.165) is 42.0 Å². The van der Waals surface area contributed by atoms with E-state index in [-0.39, 0.29) is 58.6 Å². The van der Waals surface area contributed by atoms with Crippen LogP contribution in [0.3, 0.4) is 0 Å². The molecular weight excluding hydrogens is 893 g/mol. The summed E-state index contributed by atoms with van der Waals surface area (Å²) in [5, 5.41) is 12.0. The largest absolute Gasteiger partial charge is 0.426 e. The summed E-state index contributed by atoms with van der Waals surface area (Å²) in [4.78, 5) is 23.6. The molecule has 2 aromatic heterocycles. The number of ether oxygens (including phenoxy) is 1. The summed E-state index contributed by atoms with van der Waals surface area (Å²) >= 11 is 0. The van der Waals surface area contributed by atoms with Crippen LogP contribution in [0.2, 0.25) is 0 Å². The van der Waals surface area contributed by atoms with Crippen LogP contribution in [0.5, 0.6) is 5.75 Å². The quantitative estimate of drug-likeness (QED) is 0.0804. The first-order chi connectivity index (χ1) is 29.9. The van der Waals surface area contributed by atoms with Crippen molar-refractivity contribution in [1.82, 2.24) is 30.6 Å². The number of likely N-dealkylation sites (tertiary alicyclic amines) is 1. The third-order valence-corrected chi connectivity index (χ3v) is 13.7. The second-order valence-electron chi connectivity index (χ2n) is 14.1. The Morgan fingerprint density at radius 3 is 1.69 bits per heavy atom. The fourth-order valence-corrected chi connectivity index (χ4v) is 9.44. The summed E-state index contributed by atoms with van der Waals surface area (Å²) in [6, 6.07) is 19.1. The van der Waals surface area contributed by atoms with E-state index in [1.54, 1.807) is 30.6 Å². The van der Waals surface area contributed by atoms with Crippen LogP contribution in [0.25, 0.3) is 0 Å². The maximum absolute atomic E-state index is 14.7. The lowest BCUT2D eigenvalue weighted by Gasteiger charge is -2.35. The summed E-state index contributed by atoms with van der Waals surface area (Å²) in [7, 11) is -9.92. The predicted octanol–water partition coefficient (Wildman–Crippen LogP) is 7.38. The normalized spacial score (nSPS) is 14.9. The zero-order chi connectivity index (χ0) is 45.7. The number of amides is 2. The molecule has 0 aliphatic carbocycles. The Morgan fingerprint density at radius 2 is 1.20 bits per heavy atom. The summed E-state index contributed by atoms with van der Waals surface area (Å²) in [5.41, 5.74) is 1.19. The highest BCUT2D eigenvalue weighted by atomic mass is 32.2. The monoisotopic (exact) mass is 937 g/mol. The Hall–Kier alpha value is -6.00. The zero-order valence-corrected chi connectivity index (χ0v) is 34.8. The first-order valence-electron chi connectivity index (χ1n) is 19.2. The summed E-state index contributed by atoms with van der Waals surface area (Å²) < 4.78 is 138. The number of nitrogens with one attached hydrogen (secondary N) is 2. The third kappa shape index (κ3) is 13.0. The Morgan fingerprint density at radius 1 is 0.688 bits per heavy atom. The van der Waals surface area contributed by atoms with Crippen LogP contribution < -0.4 is 15.4 Å². The van der Waals surface area contributed by atoms with Crippen molar-refractivity contribution in [2.75, 3.05) is 31.5 Å². The number of aromatic nitrogens is 4. The lowest BCUT2D eigenvalue weighted by Crippen LogP contribution is -2.47. The smallest absolute Gasteiger partial charge is 0.352 e. The van der Waals surface area contributed by atoms with E-state index in [4.69, 9.17) is 4.74 Å². The van der Waals surface area contributed by atoms with Crippen LogP contribution in [-0.2, 0) is 30.9 Å². The molecule has 0 unspecified atom stereocenters. The summed E-state index contributed by atoms with van der Waals surface area (Å²) in [6.45, 7) is 0.643. The summed E-state index contributed by atoms with van der Waals surface area (Å²) in [6.07, 6.45) is 5.78. The van der Waals surface area contributed by atoms with E-state index >= 15 is 0 Å². The van der Waals surface area contributed by atoms with Gasteiger partial charge in [-0.1, -0.05) is 37.8 Å². The van der Waals surface area contributed by atoms with Crippen molar-refractivity contribution in [3.8, 4) is 5.75 Å². The minimum atomic E-state index is -5.05. The molecule has 2 amide bonds. The third-order valence-electron chi connectivity index (χ3n) is 9.81. The number of anilines is 1. The van der Waals surface area contributed by atoms with Crippen LogP contribution in [0.1, 0.15) is 38.7 Å². The number of benzene rings is 3. The van der Waals surface area contributed by atoms with Crippen molar-refractivity contribution < 1.29 is 57.5 Å². The maximum atomic E-state index is 14.7. The molecule has 2 saturated heterocycles. The van der Waals surface area contributed by atoms with E-state index in [2.05, 4.69) is 31.0 Å². The molecule has 0 radical (unpaired) electrons. The molecule has 2 aliphatic heterocycles. The minimum absolute atomic E-state index is 0. The second kappa shape index (κ2) is 22.6. The van der Waals surface area contributed by atoms with Gasteiger partial charge in [0.05, 0.1) is 40.5 Å². The highest BCUT2D eigenvalue weighted by Gasteiger charge is 2.54. The van der Waals surface area contributed by atoms with Gasteiger partial charge >= 0.3 is 22.5 Å². The molecule has 0 atom stereocenters. The number of carbonyl (C=O) groups excluding carboxylic acids is 2. The molecule has 14 nitrogen and oxygen atoms in total. The minimum Gasteiger partial charge on any atom is -0.426 e. The molecule has 0 bridgehead atoms. The maximum Gasteiger partial charge on any atom is 0.352 e. The first-order valence-corrected chi connectivity index (χ1v) is 22.2. The molecule has 0 spiro atoms. The van der Waals surface area contributed by atoms with Crippen LogP contribution in [-0.4, -0.2) is 90.8 Å². The molecule has 4 heterocycles. The Kier molecular flexibility index (Phi) is 17.9. The lowest BCUT2D eigenvalue weighted by molar-refractivity contribution is -0.133. The van der Waals surface area contributed by atoms with Crippen molar-refractivity contribution in [3.05, 3.63) is 133 Å². The molecule has 3 aromatic carbocycles. The van der Waals surface area contributed by atoms with Gasteiger partial charge in [-0.05, 0) is 105 Å². The van der Waals surface area contributed by atoms with Crippen LogP contribution >= 0.6 is 0 Å². The molecule has 2 fully saturated rings. The van der Waals surface area contributed by atoms with Crippen molar-refractivity contribution in [1.29, 1.82) is 0 Å². The zero-order valence-electron chi connectivity index (χ0n) is 33.2. The molecule has 2 N–H and O–H groups in total. The number of nitrogens with zero attached hydrogens (tertiary/aromatic N) is 5. The van der Waals surface area contributed by atoms with E-state index in [0.29, 0.717) is 36.7 Å². The number of hydrogen-bond donors (Lipinski definition) is 2. The van der Waals surface area contributed by atoms with Crippen molar-refractivity contribution in [2.45, 2.75) is 59.8 Å². The summed E-state index contributed by atoms with van der Waals surface area (Å²) in [5.74, 6) is -4.22. The number of halogens is 6. The number of sulfone groups is 2. The van der Waals surface area contributed by atoms with Crippen LogP contribution in [0, 0.1) is 23.5 Å². The van der Waals surface area contributed by atoms with Crippen LogP contribution in [0.15, 0.2) is 126 Å². The average molecular weight is 938 g/mol. The van der Waals surface area contributed by atoms with E-state index in [9.17, 15) is 52.8 Å². The molecule has 5 aromatic rings. The molecule has 22 heteroatoms. The topological polar surface area (TPSA) is 191 Å². The van der Waals surface area contributed by atoms with Gasteiger partial charge in [-0.3, -0.25) is 4.79 Å². The van der Waals surface area contributed by atoms with Gasteiger partial charge in [0.15, 0.2) is 0 Å². The number of piperidine rings is 2. The fraction of sp³-hybridized carbons (Fsp3) is 0.333. The number of hydrogen-bond acceptors (Lipinski definition) is 12. The highest BCUT2D eigenvalue weighted by molar-refractivity contribution is 7.92. The van der Waals surface area contributed by atoms with Gasteiger partial charge in [0.1, 0.15) is 17.4 Å². The van der Waals surface area contributed by atoms with Gasteiger partial charge in [-0.25, -0.2) is 30.4 Å². The van der Waals surface area contributed by atoms with Crippen molar-refractivity contribution in [2.24, 2.45) is 11.8 Å². The average Bonchev–Trinajstić information content (AvgIpc) is 3.28. The molecule has 2 aliphatic rings. The predicted molar refractivity (Wildman–Crippen MR) is 223 cm³/mol. The van der Waals surface area contributed by atoms with Gasteiger partial charge in [-0.2, -0.15) is 38.0 Å². The number of carbonyl (C=O) groups is 2. The lowest BCUT2D eigenvalue weighted by atomic mass is 9.97. The van der Waals surface area contributed by atoms with Crippen molar-refractivity contribution in [3.63, 3.8) is 0 Å². The number of para-hydroxylation sites is 1. The Bertz CT molecular complexity index is 2460. The van der Waals surface area contributed by atoms with Gasteiger partial charge < -0.3 is 20.3 Å². The van der Waals surface area contributed by atoms with E-state index < -0.39 is 69.5 Å². The number of urea groups is 1. The van der Waals surface area contributed by atoms with Gasteiger partial charge in [-0.15, -0.1) is 0 Å². The Balaban J connectivity index is 0.000000219. The molecular formula is C42H45F6N7O7S2. The molecule has 64 heavy (non-hydrogen) atoms. The Labute approximate surface area is 366 Å². The second-order valence-corrected chi connectivity index (χ2v) is 18.2. The van der Waals surface area contributed by atoms with Gasteiger partial charge in [0.25, 0.3) is 0 Å². The van der Waals surface area contributed by atoms with Crippen molar-refractivity contribution >= 4 is 37.4 Å². The molecule has 7 rings (SSSR count). The number of esters is 1. The molecule has 344 valence electrons.